The standard InChI is InChI=1S/C10H9ClN2O2/c1-12-8-2-5-3-9(14)13-10(15)6(5)4-7(8)11/h2-4,12H,1H3,(H2,13,14,15). The van der Waals surface area contributed by atoms with Crippen molar-refractivity contribution in [2.24, 2.45) is 0 Å². The molecule has 0 unspecified atom stereocenters. The van der Waals surface area contributed by atoms with Crippen molar-refractivity contribution in [1.29, 1.82) is 0 Å². The zero-order valence-corrected chi connectivity index (χ0v) is 8.72. The van der Waals surface area contributed by atoms with Gasteiger partial charge in [0.15, 0.2) is 5.88 Å². The van der Waals surface area contributed by atoms with Crippen LogP contribution in [0.3, 0.4) is 0 Å². The molecule has 3 N–H and O–H groups in total. The maximum atomic E-state index is 11.1. The second-order valence-corrected chi connectivity index (χ2v) is 3.56. The van der Waals surface area contributed by atoms with Crippen LogP contribution in [-0.4, -0.2) is 17.1 Å². The van der Waals surface area contributed by atoms with Crippen LogP contribution in [0.5, 0.6) is 5.88 Å². The van der Waals surface area contributed by atoms with Gasteiger partial charge in [-0.3, -0.25) is 9.78 Å². The number of halogens is 1. The number of aromatic amines is 1. The van der Waals surface area contributed by atoms with Crippen LogP contribution in [-0.2, 0) is 0 Å². The third-order valence-corrected chi connectivity index (χ3v) is 2.50. The molecule has 2 rings (SSSR count). The fraction of sp³-hybridized carbons (Fsp3) is 0.100. The van der Waals surface area contributed by atoms with Gasteiger partial charge in [0.25, 0.3) is 5.56 Å². The molecule has 0 radical (unpaired) electrons. The molecule has 4 nitrogen and oxygen atoms in total. The number of rotatable bonds is 1. The topological polar surface area (TPSA) is 65.1 Å². The minimum atomic E-state index is -0.343. The predicted molar refractivity (Wildman–Crippen MR) is 60.8 cm³/mol. The molecule has 0 bridgehead atoms. The maximum absolute atomic E-state index is 11.1. The predicted octanol–water partition coefficient (Wildman–Crippen LogP) is 1.93. The molecule has 1 heterocycles. The second kappa shape index (κ2) is 3.47. The van der Waals surface area contributed by atoms with Crippen molar-refractivity contribution >= 4 is 28.1 Å². The quantitative estimate of drug-likeness (QED) is 0.694. The van der Waals surface area contributed by atoms with Crippen molar-refractivity contribution in [2.45, 2.75) is 0 Å². The van der Waals surface area contributed by atoms with Crippen LogP contribution in [0.2, 0.25) is 5.02 Å². The van der Waals surface area contributed by atoms with Gasteiger partial charge in [0, 0.05) is 18.5 Å². The molecule has 15 heavy (non-hydrogen) atoms. The summed E-state index contributed by atoms with van der Waals surface area (Å²) in [6, 6.07) is 4.73. The molecular weight excluding hydrogens is 216 g/mol. The lowest BCUT2D eigenvalue weighted by atomic mass is 10.1. The van der Waals surface area contributed by atoms with E-state index in [0.29, 0.717) is 21.5 Å². The highest BCUT2D eigenvalue weighted by molar-refractivity contribution is 6.34. The molecule has 2 aromatic rings. The van der Waals surface area contributed by atoms with Gasteiger partial charge in [-0.1, -0.05) is 11.6 Å². The highest BCUT2D eigenvalue weighted by atomic mass is 35.5. The van der Waals surface area contributed by atoms with Gasteiger partial charge >= 0.3 is 0 Å². The number of benzene rings is 1. The number of nitrogens with one attached hydrogen (secondary N) is 2. The van der Waals surface area contributed by atoms with E-state index in [9.17, 15) is 9.90 Å². The van der Waals surface area contributed by atoms with E-state index in [-0.39, 0.29) is 11.4 Å². The minimum absolute atomic E-state index is 0.165. The molecule has 0 amide bonds. The van der Waals surface area contributed by atoms with E-state index in [1.807, 2.05) is 0 Å². The number of hydrogen-bond donors (Lipinski definition) is 3. The van der Waals surface area contributed by atoms with Crippen LogP contribution >= 0.6 is 11.6 Å². The largest absolute Gasteiger partial charge is 0.494 e. The molecule has 78 valence electrons. The highest BCUT2D eigenvalue weighted by Crippen LogP contribution is 2.30. The molecule has 0 spiro atoms. The first-order valence-electron chi connectivity index (χ1n) is 4.35. The number of hydrogen-bond acceptors (Lipinski definition) is 3. The lowest BCUT2D eigenvalue weighted by Gasteiger charge is -2.06. The summed E-state index contributed by atoms with van der Waals surface area (Å²) < 4.78 is 0. The average molecular weight is 225 g/mol. The summed E-state index contributed by atoms with van der Waals surface area (Å²) in [6.07, 6.45) is 0. The van der Waals surface area contributed by atoms with Gasteiger partial charge < -0.3 is 10.4 Å². The first-order valence-corrected chi connectivity index (χ1v) is 4.73. The lowest BCUT2D eigenvalue weighted by molar-refractivity contribution is 0.459. The summed E-state index contributed by atoms with van der Waals surface area (Å²) in [7, 11) is 1.74. The van der Waals surface area contributed by atoms with Crippen molar-refractivity contribution in [2.75, 3.05) is 12.4 Å². The van der Waals surface area contributed by atoms with Crippen molar-refractivity contribution in [3.63, 3.8) is 0 Å². The molecular formula is C10H9ClN2O2. The minimum Gasteiger partial charge on any atom is -0.494 e. The zero-order valence-electron chi connectivity index (χ0n) is 7.97. The molecule has 1 aromatic heterocycles. The average Bonchev–Trinajstić information content (AvgIpc) is 2.18. The summed E-state index contributed by atoms with van der Waals surface area (Å²) in [5.74, 6) is -0.165. The summed E-state index contributed by atoms with van der Waals surface area (Å²) in [5, 5.41) is 14.1. The molecule has 5 heteroatoms. The van der Waals surface area contributed by atoms with Gasteiger partial charge in [0.2, 0.25) is 0 Å². The Morgan fingerprint density at radius 2 is 2.13 bits per heavy atom. The van der Waals surface area contributed by atoms with Crippen LogP contribution in [0.25, 0.3) is 10.8 Å². The summed E-state index contributed by atoms with van der Waals surface area (Å²) in [6.45, 7) is 0. The SMILES string of the molecule is CNc1cc2cc(=O)[nH]c(O)c2cc1Cl. The Labute approximate surface area is 90.5 Å². The number of aromatic nitrogens is 1. The van der Waals surface area contributed by atoms with E-state index in [4.69, 9.17) is 11.6 Å². The molecule has 0 aliphatic heterocycles. The number of aromatic hydroxyl groups is 1. The van der Waals surface area contributed by atoms with Crippen molar-refractivity contribution in [3.8, 4) is 5.88 Å². The molecule has 0 atom stereocenters. The molecule has 0 saturated carbocycles. The van der Waals surface area contributed by atoms with Crippen LogP contribution < -0.4 is 10.9 Å². The number of pyridine rings is 1. The van der Waals surface area contributed by atoms with Crippen LogP contribution in [0, 0.1) is 0 Å². The first-order chi connectivity index (χ1) is 7.11. The van der Waals surface area contributed by atoms with Crippen molar-refractivity contribution in [3.05, 3.63) is 33.6 Å². The van der Waals surface area contributed by atoms with Crippen molar-refractivity contribution < 1.29 is 5.11 Å². The van der Waals surface area contributed by atoms with Crippen LogP contribution in [0.4, 0.5) is 5.69 Å². The third kappa shape index (κ3) is 1.64. The molecule has 0 fully saturated rings. The van der Waals surface area contributed by atoms with Gasteiger partial charge in [0.05, 0.1) is 10.7 Å². The zero-order chi connectivity index (χ0) is 11.0. The van der Waals surface area contributed by atoms with E-state index in [0.717, 1.165) is 0 Å². The van der Waals surface area contributed by atoms with E-state index in [1.54, 1.807) is 19.2 Å². The second-order valence-electron chi connectivity index (χ2n) is 3.15. The Balaban J connectivity index is 2.87. The third-order valence-electron chi connectivity index (χ3n) is 2.19. The maximum Gasteiger partial charge on any atom is 0.251 e. The molecule has 0 saturated heterocycles. The summed E-state index contributed by atoms with van der Waals surface area (Å²) in [5.41, 5.74) is 0.374. The highest BCUT2D eigenvalue weighted by Gasteiger charge is 2.06. The van der Waals surface area contributed by atoms with Crippen LogP contribution in [0.15, 0.2) is 23.0 Å². The van der Waals surface area contributed by atoms with E-state index in [1.165, 1.54) is 6.07 Å². The number of anilines is 1. The van der Waals surface area contributed by atoms with Gasteiger partial charge in [-0.05, 0) is 17.5 Å². The normalized spacial score (nSPS) is 10.5. The van der Waals surface area contributed by atoms with E-state index >= 15 is 0 Å². The Morgan fingerprint density at radius 1 is 1.40 bits per heavy atom. The van der Waals surface area contributed by atoms with E-state index in [2.05, 4.69) is 10.3 Å². The Hall–Kier alpha value is -1.68. The van der Waals surface area contributed by atoms with Gasteiger partial charge in [0.1, 0.15) is 0 Å². The lowest BCUT2D eigenvalue weighted by Crippen LogP contribution is -2.03. The molecule has 0 aliphatic carbocycles. The number of fused-ring (bicyclic) bond motifs is 1. The fourth-order valence-corrected chi connectivity index (χ4v) is 1.73. The van der Waals surface area contributed by atoms with E-state index < -0.39 is 0 Å². The molecule has 0 aliphatic rings. The Morgan fingerprint density at radius 3 is 2.80 bits per heavy atom. The smallest absolute Gasteiger partial charge is 0.251 e. The number of H-pyrrole nitrogens is 1. The Bertz CT molecular complexity index is 577. The summed E-state index contributed by atoms with van der Waals surface area (Å²) >= 11 is 5.95. The fourth-order valence-electron chi connectivity index (χ4n) is 1.47. The van der Waals surface area contributed by atoms with Gasteiger partial charge in [-0.25, -0.2) is 0 Å². The van der Waals surface area contributed by atoms with Gasteiger partial charge in [-0.2, -0.15) is 0 Å². The van der Waals surface area contributed by atoms with Crippen molar-refractivity contribution in [1.82, 2.24) is 4.98 Å². The summed E-state index contributed by atoms with van der Waals surface area (Å²) in [4.78, 5) is 13.4. The molecule has 1 aromatic carbocycles. The Kier molecular flexibility index (Phi) is 2.28. The van der Waals surface area contributed by atoms with Gasteiger partial charge in [-0.15, -0.1) is 0 Å². The van der Waals surface area contributed by atoms with Crippen LogP contribution in [0.1, 0.15) is 0 Å². The monoisotopic (exact) mass is 224 g/mol. The first kappa shape index (κ1) is 9.86.